The zero-order valence-electron chi connectivity index (χ0n) is 13.6. The Bertz CT molecular complexity index is 442. The molecule has 5 unspecified atom stereocenters. The van der Waals surface area contributed by atoms with Gasteiger partial charge in [0.1, 0.15) is 0 Å². The van der Waals surface area contributed by atoms with Crippen LogP contribution in [0.4, 0.5) is 0 Å². The van der Waals surface area contributed by atoms with Gasteiger partial charge >= 0.3 is 5.97 Å². The molecule has 21 heavy (non-hydrogen) atoms. The van der Waals surface area contributed by atoms with Gasteiger partial charge in [-0.15, -0.1) is 0 Å². The van der Waals surface area contributed by atoms with Crippen LogP contribution in [0.2, 0.25) is 0 Å². The third-order valence-electron chi connectivity index (χ3n) is 5.80. The molecule has 0 bridgehead atoms. The summed E-state index contributed by atoms with van der Waals surface area (Å²) in [5.41, 5.74) is 2.03. The first-order valence-electron chi connectivity index (χ1n) is 8.48. The van der Waals surface area contributed by atoms with Crippen molar-refractivity contribution >= 4 is 5.97 Å². The molecule has 1 heterocycles. The van der Waals surface area contributed by atoms with Gasteiger partial charge in [-0.3, -0.25) is 4.79 Å². The van der Waals surface area contributed by atoms with E-state index in [2.05, 4.69) is 19.9 Å². The van der Waals surface area contributed by atoms with Crippen LogP contribution in [0, 0.1) is 23.2 Å². The molecule has 2 aliphatic carbocycles. The van der Waals surface area contributed by atoms with Crippen LogP contribution in [-0.4, -0.2) is 18.9 Å². The zero-order valence-corrected chi connectivity index (χ0v) is 13.6. The molecule has 3 aliphatic rings. The van der Waals surface area contributed by atoms with Gasteiger partial charge in [-0.05, 0) is 37.0 Å². The second-order valence-electron chi connectivity index (χ2n) is 7.63. The normalized spacial score (nSPS) is 43.1. The van der Waals surface area contributed by atoms with Crippen LogP contribution >= 0.6 is 0 Å². The maximum absolute atomic E-state index is 11.2. The molecule has 118 valence electrons. The van der Waals surface area contributed by atoms with Crippen LogP contribution in [0.25, 0.3) is 0 Å². The summed E-state index contributed by atoms with van der Waals surface area (Å²) in [5, 5.41) is 0. The van der Waals surface area contributed by atoms with Crippen molar-refractivity contribution in [2.45, 2.75) is 65.6 Å². The van der Waals surface area contributed by atoms with Gasteiger partial charge in [0.25, 0.3) is 0 Å². The van der Waals surface area contributed by atoms with Crippen molar-refractivity contribution in [3.05, 3.63) is 11.6 Å². The minimum atomic E-state index is -0.316. The van der Waals surface area contributed by atoms with E-state index in [0.29, 0.717) is 23.9 Å². The summed E-state index contributed by atoms with van der Waals surface area (Å²) in [4.78, 5) is 11.2. The van der Waals surface area contributed by atoms with E-state index in [9.17, 15) is 4.79 Å². The average Bonchev–Trinajstić information content (AvgIpc) is 2.80. The fourth-order valence-corrected chi connectivity index (χ4v) is 4.73. The van der Waals surface area contributed by atoms with E-state index >= 15 is 0 Å². The van der Waals surface area contributed by atoms with E-state index in [1.807, 2.05) is 0 Å². The molecule has 0 N–H and O–H groups in total. The highest BCUT2D eigenvalue weighted by molar-refractivity contribution is 5.66. The van der Waals surface area contributed by atoms with Crippen LogP contribution in [0.1, 0.15) is 59.3 Å². The third-order valence-corrected chi connectivity index (χ3v) is 5.80. The van der Waals surface area contributed by atoms with Crippen LogP contribution in [0.3, 0.4) is 0 Å². The number of carbonyl (C=O) groups is 1. The summed E-state index contributed by atoms with van der Waals surface area (Å²) in [7, 11) is 0. The number of hydrogen-bond donors (Lipinski definition) is 0. The first kappa shape index (κ1) is 15.1. The monoisotopic (exact) mass is 292 g/mol. The Hall–Kier alpha value is -0.830. The molecule has 3 nitrogen and oxygen atoms in total. The van der Waals surface area contributed by atoms with E-state index in [4.69, 9.17) is 9.47 Å². The summed E-state index contributed by atoms with van der Waals surface area (Å²) in [6, 6.07) is 0. The molecule has 1 aliphatic heterocycles. The second kappa shape index (κ2) is 5.75. The van der Waals surface area contributed by atoms with Gasteiger partial charge in [0.05, 0.1) is 6.61 Å². The number of hydrogen-bond acceptors (Lipinski definition) is 3. The van der Waals surface area contributed by atoms with Crippen molar-refractivity contribution in [1.29, 1.82) is 0 Å². The van der Waals surface area contributed by atoms with Crippen molar-refractivity contribution in [1.82, 2.24) is 0 Å². The predicted octanol–water partition coefficient (Wildman–Crippen LogP) is 4.07. The fraction of sp³-hybridized carbons (Fsp3) is 0.833. The lowest BCUT2D eigenvalue weighted by molar-refractivity contribution is -0.173. The van der Waals surface area contributed by atoms with Crippen molar-refractivity contribution in [3.8, 4) is 0 Å². The first-order chi connectivity index (χ1) is 9.98. The lowest BCUT2D eigenvalue weighted by Gasteiger charge is -2.42. The minimum absolute atomic E-state index is 0.233. The number of rotatable bonds is 2. The number of allylic oxidation sites excluding steroid dienone is 1. The molecule has 0 spiro atoms. The Labute approximate surface area is 128 Å². The van der Waals surface area contributed by atoms with Gasteiger partial charge < -0.3 is 9.47 Å². The van der Waals surface area contributed by atoms with Crippen molar-refractivity contribution in [2.75, 3.05) is 6.61 Å². The Morgan fingerprint density at radius 1 is 1.43 bits per heavy atom. The molecule has 0 radical (unpaired) electrons. The van der Waals surface area contributed by atoms with Crippen molar-refractivity contribution < 1.29 is 14.3 Å². The number of fused-ring (bicyclic) bond motifs is 1. The maximum atomic E-state index is 11.2. The van der Waals surface area contributed by atoms with Gasteiger partial charge in [-0.1, -0.05) is 38.3 Å². The highest BCUT2D eigenvalue weighted by Crippen LogP contribution is 2.50. The molecular weight excluding hydrogens is 264 g/mol. The Morgan fingerprint density at radius 3 is 2.95 bits per heavy atom. The van der Waals surface area contributed by atoms with E-state index in [1.54, 1.807) is 5.57 Å². The summed E-state index contributed by atoms with van der Waals surface area (Å²) in [5.74, 6) is 1.41. The molecule has 1 saturated heterocycles. The maximum Gasteiger partial charge on any atom is 0.304 e. The Balaban J connectivity index is 1.72. The summed E-state index contributed by atoms with van der Waals surface area (Å²) < 4.78 is 11.0. The van der Waals surface area contributed by atoms with Crippen LogP contribution in [0.15, 0.2) is 11.6 Å². The standard InChI is InChI=1S/C18H28O3/c1-12-5-4-8-18(3,10-12)15-6-7-16-14(9-15)11-20-17(16)21-13(2)19/h9,12,14,16-17H,4-8,10-11H2,1-3H3. The number of carbonyl (C=O) groups excluding carboxylic acids is 1. The highest BCUT2D eigenvalue weighted by atomic mass is 16.7. The fourth-order valence-electron chi connectivity index (χ4n) is 4.73. The van der Waals surface area contributed by atoms with Gasteiger partial charge in [0.2, 0.25) is 6.29 Å². The summed E-state index contributed by atoms with van der Waals surface area (Å²) >= 11 is 0. The Kier molecular flexibility index (Phi) is 4.13. The summed E-state index contributed by atoms with van der Waals surface area (Å²) in [6.45, 7) is 7.01. The van der Waals surface area contributed by atoms with Gasteiger partial charge in [0, 0.05) is 18.8 Å². The van der Waals surface area contributed by atoms with Gasteiger partial charge in [0.15, 0.2) is 0 Å². The topological polar surface area (TPSA) is 35.5 Å². The van der Waals surface area contributed by atoms with E-state index in [-0.39, 0.29) is 12.3 Å². The molecule has 0 aromatic rings. The molecule has 2 fully saturated rings. The summed E-state index contributed by atoms with van der Waals surface area (Å²) in [6.07, 6.45) is 9.78. The van der Waals surface area contributed by atoms with E-state index in [0.717, 1.165) is 18.8 Å². The zero-order chi connectivity index (χ0) is 15.0. The van der Waals surface area contributed by atoms with Crippen molar-refractivity contribution in [2.24, 2.45) is 23.2 Å². The van der Waals surface area contributed by atoms with Gasteiger partial charge in [-0.25, -0.2) is 0 Å². The van der Waals surface area contributed by atoms with E-state index < -0.39 is 0 Å². The largest absolute Gasteiger partial charge is 0.436 e. The average molecular weight is 292 g/mol. The van der Waals surface area contributed by atoms with Gasteiger partial charge in [-0.2, -0.15) is 0 Å². The molecule has 1 saturated carbocycles. The molecule has 0 amide bonds. The molecule has 3 heteroatoms. The number of ether oxygens (including phenoxy) is 2. The predicted molar refractivity (Wildman–Crippen MR) is 81.5 cm³/mol. The third kappa shape index (κ3) is 3.03. The first-order valence-corrected chi connectivity index (χ1v) is 8.48. The molecule has 3 rings (SSSR count). The Morgan fingerprint density at radius 2 is 2.24 bits per heavy atom. The quantitative estimate of drug-likeness (QED) is 0.568. The highest BCUT2D eigenvalue weighted by Gasteiger charge is 2.43. The lowest BCUT2D eigenvalue weighted by atomic mass is 9.63. The van der Waals surface area contributed by atoms with Crippen LogP contribution in [0.5, 0.6) is 0 Å². The smallest absolute Gasteiger partial charge is 0.304 e. The van der Waals surface area contributed by atoms with Crippen LogP contribution in [-0.2, 0) is 14.3 Å². The van der Waals surface area contributed by atoms with Crippen LogP contribution < -0.4 is 0 Å². The van der Waals surface area contributed by atoms with Crippen molar-refractivity contribution in [3.63, 3.8) is 0 Å². The SMILES string of the molecule is CC(=O)OC1OCC2C=C(C3(C)CCCC(C)C3)CCC21. The van der Waals surface area contributed by atoms with E-state index in [1.165, 1.54) is 32.6 Å². The second-order valence-corrected chi connectivity index (χ2v) is 7.63. The lowest BCUT2D eigenvalue weighted by Crippen LogP contribution is -2.32. The number of esters is 1. The minimum Gasteiger partial charge on any atom is -0.436 e. The molecule has 0 aromatic heterocycles. The molecule has 0 aromatic carbocycles. The molecule has 5 atom stereocenters. The molecular formula is C18H28O3.